The fraction of sp³-hybridized carbons (Fsp3) is 0.350. The molecule has 1 N–H and O–H groups in total. The zero-order valence-electron chi connectivity index (χ0n) is 15.4. The van der Waals surface area contributed by atoms with E-state index in [4.69, 9.17) is 0 Å². The van der Waals surface area contributed by atoms with Crippen molar-refractivity contribution in [1.29, 1.82) is 0 Å². The Morgan fingerprint density at radius 2 is 1.65 bits per heavy atom. The van der Waals surface area contributed by atoms with Gasteiger partial charge in [0.1, 0.15) is 6.04 Å². The van der Waals surface area contributed by atoms with E-state index in [2.05, 4.69) is 4.98 Å². The van der Waals surface area contributed by atoms with Crippen LogP contribution >= 0.6 is 0 Å². The van der Waals surface area contributed by atoms with E-state index in [0.717, 1.165) is 11.1 Å². The summed E-state index contributed by atoms with van der Waals surface area (Å²) in [4.78, 5) is 31.8. The molecule has 1 aromatic carbocycles. The molecule has 6 heteroatoms. The van der Waals surface area contributed by atoms with Crippen molar-refractivity contribution in [3.05, 3.63) is 66.0 Å². The molecule has 26 heavy (non-hydrogen) atoms. The lowest BCUT2D eigenvalue weighted by Crippen LogP contribution is -2.51. The molecule has 0 aliphatic rings. The second kappa shape index (κ2) is 8.99. The van der Waals surface area contributed by atoms with Crippen molar-refractivity contribution >= 4 is 12.0 Å². The van der Waals surface area contributed by atoms with Crippen LogP contribution in [0.25, 0.3) is 0 Å². The van der Waals surface area contributed by atoms with E-state index in [1.165, 1.54) is 4.90 Å². The molecule has 0 bridgehead atoms. The summed E-state index contributed by atoms with van der Waals surface area (Å²) in [7, 11) is 1.71. The molecule has 2 amide bonds. The third-order valence-electron chi connectivity index (χ3n) is 4.40. The highest BCUT2D eigenvalue weighted by Gasteiger charge is 2.32. The predicted octanol–water partition coefficient (Wildman–Crippen LogP) is 3.04. The topological polar surface area (TPSA) is 73.7 Å². The number of pyridine rings is 1. The van der Waals surface area contributed by atoms with Crippen molar-refractivity contribution in [1.82, 2.24) is 14.8 Å². The number of hydrogen-bond donors (Lipinski definition) is 1. The molecule has 2 rings (SSSR count). The minimum Gasteiger partial charge on any atom is -0.465 e. The number of benzene rings is 1. The summed E-state index contributed by atoms with van der Waals surface area (Å²) >= 11 is 0. The van der Waals surface area contributed by atoms with Crippen LogP contribution in [0.4, 0.5) is 4.79 Å². The van der Waals surface area contributed by atoms with Crippen LogP contribution in [-0.4, -0.2) is 51.0 Å². The number of hydrogen-bond acceptors (Lipinski definition) is 3. The fourth-order valence-corrected chi connectivity index (χ4v) is 2.65. The lowest BCUT2D eigenvalue weighted by molar-refractivity contribution is -0.136. The lowest BCUT2D eigenvalue weighted by atomic mass is 10.0. The third-order valence-corrected chi connectivity index (χ3v) is 4.40. The summed E-state index contributed by atoms with van der Waals surface area (Å²) in [6, 6.07) is 12.2. The number of likely N-dealkylation sites (N-methyl/N-ethyl adjacent to an activating group) is 1. The molecule has 0 spiro atoms. The number of carbonyl (C=O) groups is 2. The number of rotatable bonds is 7. The average Bonchev–Trinajstić information content (AvgIpc) is 2.64. The summed E-state index contributed by atoms with van der Waals surface area (Å²) in [5.41, 5.74) is 1.71. The van der Waals surface area contributed by atoms with Crippen LogP contribution < -0.4 is 0 Å². The van der Waals surface area contributed by atoms with Crippen LogP contribution in [0.15, 0.2) is 54.9 Å². The Kier molecular flexibility index (Phi) is 6.72. The van der Waals surface area contributed by atoms with Gasteiger partial charge in [-0.2, -0.15) is 0 Å². The number of nitrogens with zero attached hydrogens (tertiary/aromatic N) is 3. The van der Waals surface area contributed by atoms with Crippen molar-refractivity contribution in [3.8, 4) is 0 Å². The number of carbonyl (C=O) groups excluding carboxylic acids is 1. The molecule has 0 radical (unpaired) electrons. The number of carboxylic acid groups (broad SMARTS) is 1. The van der Waals surface area contributed by atoms with E-state index in [1.54, 1.807) is 36.5 Å². The van der Waals surface area contributed by atoms with Crippen molar-refractivity contribution < 1.29 is 14.7 Å². The summed E-state index contributed by atoms with van der Waals surface area (Å²) in [5, 5.41) is 9.79. The lowest BCUT2D eigenvalue weighted by Gasteiger charge is -2.33. The molecule has 1 heterocycles. The number of amides is 2. The minimum atomic E-state index is -1.12. The van der Waals surface area contributed by atoms with E-state index < -0.39 is 12.1 Å². The second-order valence-electron chi connectivity index (χ2n) is 6.51. The first kappa shape index (κ1) is 19.4. The van der Waals surface area contributed by atoms with Crippen LogP contribution in [0.1, 0.15) is 25.0 Å². The Balaban J connectivity index is 2.34. The standard InChI is InChI=1S/C20H25N3O3/c1-15(2)22(3)19(24)18(13-16-7-5-4-6-8-16)23(20(25)26)14-17-9-11-21-12-10-17/h4-12,15,18H,13-14H2,1-3H3,(H,25,26)/t18-/m0/s1. The first-order chi connectivity index (χ1) is 12.4. The maximum atomic E-state index is 13.0. The van der Waals surface area contributed by atoms with Gasteiger partial charge in [0.25, 0.3) is 0 Å². The van der Waals surface area contributed by atoms with E-state index in [9.17, 15) is 14.7 Å². The summed E-state index contributed by atoms with van der Waals surface area (Å²) < 4.78 is 0. The molecular weight excluding hydrogens is 330 g/mol. The van der Waals surface area contributed by atoms with Crippen LogP contribution in [0.2, 0.25) is 0 Å². The largest absolute Gasteiger partial charge is 0.465 e. The maximum absolute atomic E-state index is 13.0. The normalized spacial score (nSPS) is 11.8. The van der Waals surface area contributed by atoms with Gasteiger partial charge in [-0.15, -0.1) is 0 Å². The van der Waals surface area contributed by atoms with Gasteiger partial charge < -0.3 is 10.0 Å². The molecule has 0 aliphatic carbocycles. The van der Waals surface area contributed by atoms with Gasteiger partial charge in [0.2, 0.25) is 5.91 Å². The Labute approximate surface area is 154 Å². The Morgan fingerprint density at radius 3 is 2.19 bits per heavy atom. The maximum Gasteiger partial charge on any atom is 0.408 e. The monoisotopic (exact) mass is 355 g/mol. The molecule has 0 saturated carbocycles. The highest BCUT2D eigenvalue weighted by molar-refractivity contribution is 5.85. The summed E-state index contributed by atoms with van der Waals surface area (Å²) in [5.74, 6) is -0.208. The Morgan fingerprint density at radius 1 is 1.04 bits per heavy atom. The first-order valence-electron chi connectivity index (χ1n) is 8.59. The molecule has 0 saturated heterocycles. The molecule has 138 valence electrons. The highest BCUT2D eigenvalue weighted by atomic mass is 16.4. The second-order valence-corrected chi connectivity index (χ2v) is 6.51. The fourth-order valence-electron chi connectivity index (χ4n) is 2.65. The SMILES string of the molecule is CC(C)N(C)C(=O)[C@H](Cc1ccccc1)N(Cc1ccncc1)C(=O)O. The van der Waals surface area contributed by atoms with Crippen LogP contribution in [0.3, 0.4) is 0 Å². The van der Waals surface area contributed by atoms with Crippen LogP contribution in [-0.2, 0) is 17.8 Å². The van der Waals surface area contributed by atoms with E-state index in [-0.39, 0.29) is 18.5 Å². The zero-order chi connectivity index (χ0) is 19.1. The first-order valence-corrected chi connectivity index (χ1v) is 8.59. The van der Waals surface area contributed by atoms with Gasteiger partial charge in [-0.25, -0.2) is 4.79 Å². The van der Waals surface area contributed by atoms with Gasteiger partial charge >= 0.3 is 6.09 Å². The van der Waals surface area contributed by atoms with Gasteiger partial charge in [0.05, 0.1) is 0 Å². The molecule has 2 aromatic rings. The van der Waals surface area contributed by atoms with Crippen molar-refractivity contribution in [2.75, 3.05) is 7.05 Å². The molecule has 0 fully saturated rings. The van der Waals surface area contributed by atoms with Crippen LogP contribution in [0, 0.1) is 0 Å². The van der Waals surface area contributed by atoms with Gasteiger partial charge in [-0.1, -0.05) is 30.3 Å². The quantitative estimate of drug-likeness (QED) is 0.828. The van der Waals surface area contributed by atoms with Gasteiger partial charge in [-0.05, 0) is 37.1 Å². The van der Waals surface area contributed by atoms with Crippen molar-refractivity contribution in [3.63, 3.8) is 0 Å². The van der Waals surface area contributed by atoms with Crippen molar-refractivity contribution in [2.45, 2.75) is 38.9 Å². The molecule has 0 aliphatic heterocycles. The van der Waals surface area contributed by atoms with Crippen molar-refractivity contribution in [2.24, 2.45) is 0 Å². The van der Waals surface area contributed by atoms with E-state index >= 15 is 0 Å². The minimum absolute atomic E-state index is 0.0163. The molecule has 0 unspecified atom stereocenters. The predicted molar refractivity (Wildman–Crippen MR) is 99.6 cm³/mol. The average molecular weight is 355 g/mol. The Hall–Kier alpha value is -2.89. The third kappa shape index (κ3) is 5.05. The summed E-state index contributed by atoms with van der Waals surface area (Å²) in [6.07, 6.45) is 2.44. The summed E-state index contributed by atoms with van der Waals surface area (Å²) in [6.45, 7) is 3.95. The molecule has 1 atom stereocenters. The molecule has 6 nitrogen and oxygen atoms in total. The van der Waals surface area contributed by atoms with E-state index in [0.29, 0.717) is 6.42 Å². The van der Waals surface area contributed by atoms with Gasteiger partial charge in [0.15, 0.2) is 0 Å². The highest BCUT2D eigenvalue weighted by Crippen LogP contribution is 2.16. The smallest absolute Gasteiger partial charge is 0.408 e. The zero-order valence-corrected chi connectivity index (χ0v) is 15.4. The molecular formula is C20H25N3O3. The molecule has 1 aromatic heterocycles. The van der Waals surface area contributed by atoms with Gasteiger partial charge in [0, 0.05) is 38.4 Å². The van der Waals surface area contributed by atoms with Gasteiger partial charge in [-0.3, -0.25) is 14.7 Å². The Bertz CT molecular complexity index is 720. The van der Waals surface area contributed by atoms with Crippen LogP contribution in [0.5, 0.6) is 0 Å². The van der Waals surface area contributed by atoms with E-state index in [1.807, 2.05) is 44.2 Å². The number of aromatic nitrogens is 1.